The van der Waals surface area contributed by atoms with E-state index in [1.54, 1.807) is 0 Å². The number of hydrogen-bond acceptors (Lipinski definition) is 0. The second kappa shape index (κ2) is 9.61. The first-order valence-electron chi connectivity index (χ1n) is 9.39. The van der Waals surface area contributed by atoms with Crippen LogP contribution in [0.3, 0.4) is 0 Å². The van der Waals surface area contributed by atoms with E-state index in [0.29, 0.717) is 17.2 Å². The molecule has 4 aromatic carbocycles. The van der Waals surface area contributed by atoms with E-state index in [-0.39, 0.29) is 0 Å². The van der Waals surface area contributed by atoms with E-state index in [2.05, 4.69) is 121 Å². The number of hydrogen-bond donors (Lipinski definition) is 0. The van der Waals surface area contributed by atoms with Crippen molar-refractivity contribution in [3.8, 4) is 0 Å². The van der Waals surface area contributed by atoms with Gasteiger partial charge in [-0.1, -0.05) is 138 Å². The lowest BCUT2D eigenvalue weighted by Crippen LogP contribution is -1.97. The molecule has 0 aliphatic carbocycles. The van der Waals surface area contributed by atoms with E-state index >= 15 is 0 Å². The maximum Gasteiger partial charge on any atom is -0.00709 e. The Kier molecular flexibility index (Phi) is 6.46. The highest BCUT2D eigenvalue weighted by Crippen LogP contribution is 2.46. The Balaban J connectivity index is 1.88. The molecule has 0 saturated heterocycles. The Bertz CT molecular complexity index is 938. The molecule has 0 aliphatic rings. The molecule has 136 valence electrons. The summed E-state index contributed by atoms with van der Waals surface area (Å²) >= 11 is 0. The topological polar surface area (TPSA) is 0 Å². The van der Waals surface area contributed by atoms with Gasteiger partial charge in [-0.05, 0) is 32.4 Å². The number of rotatable bonds is 6. The molecule has 0 spiro atoms. The van der Waals surface area contributed by atoms with Crippen LogP contribution in [-0.4, -0.2) is 0 Å². The molecule has 4 rings (SSSR count). The summed E-state index contributed by atoms with van der Waals surface area (Å²) in [7, 11) is 1.23. The third kappa shape index (κ3) is 4.85. The van der Waals surface area contributed by atoms with Crippen molar-refractivity contribution in [2.24, 2.45) is 0 Å². The van der Waals surface area contributed by atoms with Gasteiger partial charge in [-0.3, -0.25) is 0 Å². The molecule has 4 aromatic rings. The maximum atomic E-state index is 2.24. The molecule has 0 radical (unpaired) electrons. The summed E-state index contributed by atoms with van der Waals surface area (Å²) in [5, 5.41) is 5.60. The molecule has 0 aromatic heterocycles. The van der Waals surface area contributed by atoms with Crippen LogP contribution >= 0.6 is 17.2 Å². The molecule has 2 atom stereocenters. The zero-order chi connectivity index (χ0) is 19.0. The largest absolute Gasteiger partial charge is 0.0622 e. The van der Waals surface area contributed by atoms with Crippen LogP contribution in [0.2, 0.25) is 0 Å². The highest BCUT2D eigenvalue weighted by Gasteiger charge is 2.13. The molecular weight excluding hydrogens is 374 g/mol. The van der Waals surface area contributed by atoms with Gasteiger partial charge in [0.05, 0.1) is 0 Å². The van der Waals surface area contributed by atoms with Crippen molar-refractivity contribution in [2.75, 3.05) is 0 Å². The van der Waals surface area contributed by atoms with Crippen molar-refractivity contribution >= 4 is 38.4 Å². The summed E-state index contributed by atoms with van der Waals surface area (Å²) in [5.41, 5.74) is 2.62. The standard InChI is InChI=1S/C26H22P2/c1-5-13-21(14-6-1)25(27-23-17-9-3-10-18-23)26(22-15-7-2-8-16-22)28-24-19-11-4-12-20-24/h1-20,27-28H. The SMILES string of the molecule is c1ccc(PC(=C(Pc2ccccc2)c2ccccc2)c2ccccc2)cc1. The fourth-order valence-corrected chi connectivity index (χ4v) is 5.93. The Morgan fingerprint density at radius 2 is 0.643 bits per heavy atom. The molecule has 28 heavy (non-hydrogen) atoms. The number of benzene rings is 4. The Morgan fingerprint density at radius 1 is 0.357 bits per heavy atom. The van der Waals surface area contributed by atoms with Gasteiger partial charge in [-0.15, -0.1) is 0 Å². The zero-order valence-electron chi connectivity index (χ0n) is 15.5. The van der Waals surface area contributed by atoms with Gasteiger partial charge in [0.2, 0.25) is 0 Å². The normalized spacial score (nSPS) is 12.6. The van der Waals surface area contributed by atoms with Crippen LogP contribution in [0.1, 0.15) is 11.1 Å². The molecule has 0 N–H and O–H groups in total. The van der Waals surface area contributed by atoms with E-state index in [0.717, 1.165) is 0 Å². The van der Waals surface area contributed by atoms with Gasteiger partial charge in [0.1, 0.15) is 0 Å². The van der Waals surface area contributed by atoms with Gasteiger partial charge < -0.3 is 0 Å². The van der Waals surface area contributed by atoms with Crippen LogP contribution in [0.5, 0.6) is 0 Å². The highest BCUT2D eigenvalue weighted by atomic mass is 31.1. The van der Waals surface area contributed by atoms with Crippen LogP contribution in [0.4, 0.5) is 0 Å². The quantitative estimate of drug-likeness (QED) is 0.257. The van der Waals surface area contributed by atoms with E-state index < -0.39 is 0 Å². The Labute approximate surface area is 170 Å². The lowest BCUT2D eigenvalue weighted by Gasteiger charge is -2.17. The second-order valence-corrected chi connectivity index (χ2v) is 9.12. The predicted octanol–water partition coefficient (Wildman–Crippen LogP) is 6.52. The summed E-state index contributed by atoms with van der Waals surface area (Å²) in [6.45, 7) is 0. The summed E-state index contributed by atoms with van der Waals surface area (Å²) in [6.07, 6.45) is 0. The van der Waals surface area contributed by atoms with Crippen molar-refractivity contribution in [3.63, 3.8) is 0 Å². The summed E-state index contributed by atoms with van der Waals surface area (Å²) in [6, 6.07) is 43.3. The van der Waals surface area contributed by atoms with Gasteiger partial charge >= 0.3 is 0 Å². The highest BCUT2D eigenvalue weighted by molar-refractivity contribution is 7.65. The monoisotopic (exact) mass is 396 g/mol. The molecular formula is C26H22P2. The first-order chi connectivity index (χ1) is 13.9. The van der Waals surface area contributed by atoms with Crippen molar-refractivity contribution in [1.29, 1.82) is 0 Å². The van der Waals surface area contributed by atoms with Gasteiger partial charge in [0.25, 0.3) is 0 Å². The van der Waals surface area contributed by atoms with Crippen LogP contribution in [-0.2, 0) is 0 Å². The minimum atomic E-state index is 0.617. The first kappa shape index (κ1) is 18.8. The van der Waals surface area contributed by atoms with Crippen LogP contribution in [0.25, 0.3) is 10.6 Å². The fraction of sp³-hybridized carbons (Fsp3) is 0. The van der Waals surface area contributed by atoms with Gasteiger partial charge in [-0.25, -0.2) is 0 Å². The molecule has 0 aliphatic heterocycles. The summed E-state index contributed by atoms with van der Waals surface area (Å²) in [4.78, 5) is 0. The van der Waals surface area contributed by atoms with Crippen molar-refractivity contribution in [3.05, 3.63) is 132 Å². The van der Waals surface area contributed by atoms with Crippen molar-refractivity contribution in [1.82, 2.24) is 0 Å². The molecule has 0 heterocycles. The zero-order valence-corrected chi connectivity index (χ0v) is 17.5. The molecule has 0 saturated carbocycles. The second-order valence-electron chi connectivity index (χ2n) is 6.46. The fourth-order valence-electron chi connectivity index (χ4n) is 3.10. The third-order valence-corrected chi connectivity index (χ3v) is 7.53. The third-order valence-electron chi connectivity index (χ3n) is 4.46. The molecule has 2 heteroatoms. The molecule has 0 amide bonds. The van der Waals surface area contributed by atoms with E-state index in [9.17, 15) is 0 Å². The lowest BCUT2D eigenvalue weighted by molar-refractivity contribution is 1.63. The van der Waals surface area contributed by atoms with Gasteiger partial charge in [0, 0.05) is 0 Å². The molecule has 0 nitrogen and oxygen atoms in total. The summed E-state index contributed by atoms with van der Waals surface area (Å²) < 4.78 is 0. The Hall–Kier alpha value is -2.52. The van der Waals surface area contributed by atoms with Crippen molar-refractivity contribution < 1.29 is 0 Å². The average molecular weight is 396 g/mol. The van der Waals surface area contributed by atoms with E-state index in [1.165, 1.54) is 32.4 Å². The van der Waals surface area contributed by atoms with Crippen molar-refractivity contribution in [2.45, 2.75) is 0 Å². The predicted molar refractivity (Wildman–Crippen MR) is 128 cm³/mol. The van der Waals surface area contributed by atoms with Crippen LogP contribution in [0, 0.1) is 0 Å². The first-order valence-corrected chi connectivity index (χ1v) is 11.4. The van der Waals surface area contributed by atoms with E-state index in [4.69, 9.17) is 0 Å². The van der Waals surface area contributed by atoms with E-state index in [1.807, 2.05) is 0 Å². The average Bonchev–Trinajstić information content (AvgIpc) is 2.79. The van der Waals surface area contributed by atoms with Crippen LogP contribution < -0.4 is 10.6 Å². The summed E-state index contributed by atoms with van der Waals surface area (Å²) in [5.74, 6) is 0. The van der Waals surface area contributed by atoms with Gasteiger partial charge in [-0.2, -0.15) is 0 Å². The van der Waals surface area contributed by atoms with Crippen LogP contribution in [0.15, 0.2) is 121 Å². The molecule has 0 bridgehead atoms. The maximum absolute atomic E-state index is 2.24. The van der Waals surface area contributed by atoms with Gasteiger partial charge in [0.15, 0.2) is 0 Å². The Morgan fingerprint density at radius 3 is 0.964 bits per heavy atom. The molecule has 2 unspecified atom stereocenters. The minimum Gasteiger partial charge on any atom is -0.0622 e. The minimum absolute atomic E-state index is 0.617. The molecule has 0 fully saturated rings. The lowest BCUT2D eigenvalue weighted by atomic mass is 10.1. The smallest absolute Gasteiger partial charge is 0.00709 e.